The van der Waals surface area contributed by atoms with Gasteiger partial charge < -0.3 is 15.5 Å². The summed E-state index contributed by atoms with van der Waals surface area (Å²) in [6.07, 6.45) is 0. The Morgan fingerprint density at radius 2 is 1.50 bits per heavy atom. The summed E-state index contributed by atoms with van der Waals surface area (Å²) in [4.78, 5) is 18.5. The molecule has 0 heterocycles. The molecule has 0 aliphatic rings. The fraction of sp³-hybridized carbons (Fsp3) is 0.600. The van der Waals surface area contributed by atoms with Crippen LogP contribution in [-0.4, -0.2) is 94.9 Å². The minimum atomic E-state index is -0.833. The molecule has 0 aliphatic carbocycles. The van der Waals surface area contributed by atoms with Crippen molar-refractivity contribution in [1.29, 1.82) is 0 Å². The summed E-state index contributed by atoms with van der Waals surface area (Å²) in [6, 6.07) is 0. The summed E-state index contributed by atoms with van der Waals surface area (Å²) < 4.78 is 0. The predicted octanol–water partition coefficient (Wildman–Crippen LogP) is -1.92. The van der Waals surface area contributed by atoms with Crippen LogP contribution in [0, 0.1) is 0 Å². The number of aliphatic carboxylic acids is 2. The third-order valence-electron chi connectivity index (χ3n) is 0.328. The molecule has 0 unspecified atom stereocenters. The fourth-order valence-corrected chi connectivity index (χ4v) is 0.151. The van der Waals surface area contributed by atoms with Crippen molar-refractivity contribution in [3.05, 3.63) is 0 Å². The van der Waals surface area contributed by atoms with E-state index in [1.165, 1.54) is 0 Å². The average molecular weight is 197 g/mol. The molecule has 0 aromatic rings. The van der Waals surface area contributed by atoms with Crippen molar-refractivity contribution in [3.63, 3.8) is 0 Å². The molecule has 0 rings (SSSR count). The van der Waals surface area contributed by atoms with Crippen LogP contribution in [-0.2, 0) is 9.59 Å². The van der Waals surface area contributed by atoms with Crippen molar-refractivity contribution in [2.45, 2.75) is 6.92 Å². The Morgan fingerprint density at radius 3 is 1.50 bits per heavy atom. The normalized spacial score (nSPS) is 6.17. The first kappa shape index (κ1) is 23.1. The molecule has 64 valence electrons. The van der Waals surface area contributed by atoms with Crippen molar-refractivity contribution in [1.82, 2.24) is 5.32 Å². The molecule has 0 amide bonds. The summed E-state index contributed by atoms with van der Waals surface area (Å²) in [7, 11) is 1.59. The quantitative estimate of drug-likeness (QED) is 0.449. The zero-order valence-corrected chi connectivity index (χ0v) is 5.92. The van der Waals surface area contributed by atoms with Gasteiger partial charge in [0.25, 0.3) is 5.97 Å². The molecule has 0 saturated carbocycles. The zero-order valence-electron chi connectivity index (χ0n) is 5.92. The first-order valence-corrected chi connectivity index (χ1v) is 2.56. The monoisotopic (exact) mass is 197 g/mol. The van der Waals surface area contributed by atoms with E-state index < -0.39 is 11.9 Å². The standard InChI is InChI=1S/C3H7NO2.C2H4O2.2Na.2H/c1-4-2-3(5)6;1-2(3)4;;;;/h4H,2H2,1H3,(H,5,6);1H3,(H,3,4);;;;. The van der Waals surface area contributed by atoms with Crippen LogP contribution in [0.4, 0.5) is 0 Å². The molecule has 0 aromatic carbocycles. The molecule has 0 fully saturated rings. The van der Waals surface area contributed by atoms with Gasteiger partial charge in [0.15, 0.2) is 0 Å². The molecule has 0 aliphatic heterocycles. The Kier molecular flexibility index (Phi) is 34.3. The van der Waals surface area contributed by atoms with Gasteiger partial charge in [0.2, 0.25) is 0 Å². The Morgan fingerprint density at radius 1 is 1.25 bits per heavy atom. The topological polar surface area (TPSA) is 86.6 Å². The number of likely N-dealkylation sites (N-methyl/N-ethyl adjacent to an activating group) is 1. The molecule has 0 spiro atoms. The van der Waals surface area contributed by atoms with E-state index in [2.05, 4.69) is 5.32 Å². The number of carboxylic acid groups (broad SMARTS) is 2. The van der Waals surface area contributed by atoms with Crippen LogP contribution >= 0.6 is 0 Å². The number of nitrogens with one attached hydrogen (secondary N) is 1. The maximum atomic E-state index is 9.54. The minimum absolute atomic E-state index is 0. The maximum absolute atomic E-state index is 9.54. The van der Waals surface area contributed by atoms with Gasteiger partial charge in [0, 0.05) is 6.92 Å². The third-order valence-corrected chi connectivity index (χ3v) is 0.328. The third kappa shape index (κ3) is 70.2. The molecule has 0 atom stereocenters. The van der Waals surface area contributed by atoms with Gasteiger partial charge in [0.05, 0.1) is 6.54 Å². The van der Waals surface area contributed by atoms with E-state index in [0.29, 0.717) is 0 Å². The molecule has 5 nitrogen and oxygen atoms in total. The molecular formula is C5H13NNa2O4. The second kappa shape index (κ2) is 17.8. The van der Waals surface area contributed by atoms with Gasteiger partial charge in [-0.3, -0.25) is 9.59 Å². The van der Waals surface area contributed by atoms with Gasteiger partial charge in [0.1, 0.15) is 0 Å². The number of carboxylic acids is 2. The first-order valence-electron chi connectivity index (χ1n) is 2.56. The van der Waals surface area contributed by atoms with Crippen LogP contribution < -0.4 is 5.32 Å². The first-order chi connectivity index (χ1) is 4.50. The van der Waals surface area contributed by atoms with Gasteiger partial charge >= 0.3 is 65.1 Å². The second-order valence-electron chi connectivity index (χ2n) is 1.44. The molecule has 0 bridgehead atoms. The summed E-state index contributed by atoms with van der Waals surface area (Å²) in [5.74, 6) is -1.66. The summed E-state index contributed by atoms with van der Waals surface area (Å²) in [5, 5.41) is 17.7. The number of carbonyl (C=O) groups is 2. The van der Waals surface area contributed by atoms with Gasteiger partial charge in [-0.05, 0) is 7.05 Å². The van der Waals surface area contributed by atoms with Crippen LogP contribution in [0.5, 0.6) is 0 Å². The second-order valence-corrected chi connectivity index (χ2v) is 1.44. The van der Waals surface area contributed by atoms with E-state index >= 15 is 0 Å². The summed E-state index contributed by atoms with van der Waals surface area (Å²) >= 11 is 0. The van der Waals surface area contributed by atoms with Crippen LogP contribution in [0.25, 0.3) is 0 Å². The van der Waals surface area contributed by atoms with Gasteiger partial charge in [-0.2, -0.15) is 0 Å². The van der Waals surface area contributed by atoms with Crippen molar-refractivity contribution in [2.24, 2.45) is 0 Å². The van der Waals surface area contributed by atoms with Crippen LogP contribution in [0.1, 0.15) is 6.92 Å². The van der Waals surface area contributed by atoms with Crippen molar-refractivity contribution < 1.29 is 19.8 Å². The SMILES string of the molecule is CC(=O)O.CNCC(=O)O.[NaH].[NaH]. The molecule has 3 N–H and O–H groups in total. The van der Waals surface area contributed by atoms with Crippen molar-refractivity contribution in [3.8, 4) is 0 Å². The van der Waals surface area contributed by atoms with E-state index in [0.717, 1.165) is 6.92 Å². The molecular weight excluding hydrogens is 184 g/mol. The fourth-order valence-electron chi connectivity index (χ4n) is 0.151. The van der Waals surface area contributed by atoms with Crippen molar-refractivity contribution >= 4 is 71.1 Å². The van der Waals surface area contributed by atoms with Crippen molar-refractivity contribution in [2.75, 3.05) is 13.6 Å². The molecule has 0 saturated heterocycles. The van der Waals surface area contributed by atoms with E-state index in [9.17, 15) is 4.79 Å². The van der Waals surface area contributed by atoms with Crippen LogP contribution in [0.15, 0.2) is 0 Å². The number of rotatable bonds is 2. The molecule has 7 heteroatoms. The Bertz CT molecular complexity index is 116. The van der Waals surface area contributed by atoms with Gasteiger partial charge in [-0.25, -0.2) is 0 Å². The Hall–Kier alpha value is 0.900. The van der Waals surface area contributed by atoms with Gasteiger partial charge in [-0.1, -0.05) is 0 Å². The van der Waals surface area contributed by atoms with Crippen LogP contribution in [0.3, 0.4) is 0 Å². The summed E-state index contributed by atoms with van der Waals surface area (Å²) in [5.41, 5.74) is 0. The summed E-state index contributed by atoms with van der Waals surface area (Å²) in [6.45, 7) is 1.12. The Labute approximate surface area is 115 Å². The Balaban J connectivity index is -0.0000000483. The van der Waals surface area contributed by atoms with E-state index in [-0.39, 0.29) is 65.7 Å². The average Bonchev–Trinajstić information content (AvgIpc) is 1.62. The molecule has 0 aromatic heterocycles. The number of hydrogen-bond acceptors (Lipinski definition) is 3. The van der Waals surface area contributed by atoms with E-state index in [1.54, 1.807) is 7.05 Å². The molecule has 12 heavy (non-hydrogen) atoms. The number of hydrogen-bond donors (Lipinski definition) is 3. The van der Waals surface area contributed by atoms with E-state index in [4.69, 9.17) is 15.0 Å². The zero-order chi connectivity index (χ0) is 8.57. The van der Waals surface area contributed by atoms with E-state index in [1.807, 2.05) is 0 Å². The van der Waals surface area contributed by atoms with Crippen LogP contribution in [0.2, 0.25) is 0 Å². The van der Waals surface area contributed by atoms with Gasteiger partial charge in [-0.15, -0.1) is 0 Å². The predicted molar refractivity (Wildman–Crippen MR) is 49.2 cm³/mol. The molecule has 0 radical (unpaired) electrons.